The molecule has 0 aliphatic heterocycles. The molecule has 0 saturated carbocycles. The van der Waals surface area contributed by atoms with Gasteiger partial charge in [-0.15, -0.1) is 0 Å². The van der Waals surface area contributed by atoms with Crippen molar-refractivity contribution in [1.82, 2.24) is 20.1 Å². The first-order valence-electron chi connectivity index (χ1n) is 6.45. The van der Waals surface area contributed by atoms with E-state index in [1.165, 1.54) is 11.3 Å². The van der Waals surface area contributed by atoms with Crippen LogP contribution in [0.3, 0.4) is 0 Å². The van der Waals surface area contributed by atoms with Crippen molar-refractivity contribution in [3.8, 4) is 5.82 Å². The normalized spacial score (nSPS) is 10.9. The molecule has 0 aliphatic carbocycles. The lowest BCUT2D eigenvalue weighted by molar-refractivity contribution is 0.720. The Morgan fingerprint density at radius 1 is 1.32 bits per heavy atom. The van der Waals surface area contributed by atoms with Crippen LogP contribution in [-0.4, -0.2) is 28.4 Å². The monoisotopic (exact) mass is 322 g/mol. The Bertz CT molecular complexity index is 545. The highest BCUT2D eigenvalue weighted by molar-refractivity contribution is 9.10. The van der Waals surface area contributed by atoms with Crippen molar-refractivity contribution in [2.75, 3.05) is 13.6 Å². The Balaban J connectivity index is 2.27. The number of rotatable bonds is 5. The summed E-state index contributed by atoms with van der Waals surface area (Å²) in [5.74, 6) is 0.865. The van der Waals surface area contributed by atoms with Gasteiger partial charge >= 0.3 is 0 Å². The largest absolute Gasteiger partial charge is 0.320 e. The first kappa shape index (κ1) is 14.2. The lowest BCUT2D eigenvalue weighted by Crippen LogP contribution is -2.09. The Morgan fingerprint density at radius 3 is 2.74 bits per heavy atom. The fraction of sp³-hybridized carbons (Fsp3) is 0.429. The fourth-order valence-corrected chi connectivity index (χ4v) is 2.43. The van der Waals surface area contributed by atoms with Gasteiger partial charge in [0.15, 0.2) is 5.82 Å². The quantitative estimate of drug-likeness (QED) is 0.861. The second-order valence-electron chi connectivity index (χ2n) is 4.60. The lowest BCUT2D eigenvalue weighted by Gasteiger charge is -2.05. The standard InChI is InChI=1S/C14H19BrN4/c1-10-13(5-4-8-16-3)11(2)19(18-10)14-7-6-12(15)9-17-14/h6-7,9,16H,4-5,8H2,1-3H3. The zero-order valence-electron chi connectivity index (χ0n) is 11.6. The molecule has 0 radical (unpaired) electrons. The highest BCUT2D eigenvalue weighted by Crippen LogP contribution is 2.19. The number of hydrogen-bond acceptors (Lipinski definition) is 3. The summed E-state index contributed by atoms with van der Waals surface area (Å²) in [6.07, 6.45) is 3.97. The van der Waals surface area contributed by atoms with Crippen LogP contribution in [0.2, 0.25) is 0 Å². The first-order chi connectivity index (χ1) is 9.13. The highest BCUT2D eigenvalue weighted by Gasteiger charge is 2.12. The van der Waals surface area contributed by atoms with Gasteiger partial charge in [0.2, 0.25) is 0 Å². The Hall–Kier alpha value is -1.20. The Kier molecular flexibility index (Phi) is 4.71. The van der Waals surface area contributed by atoms with Gasteiger partial charge in [0.05, 0.1) is 5.69 Å². The predicted molar refractivity (Wildman–Crippen MR) is 80.8 cm³/mol. The molecule has 0 saturated heterocycles. The number of nitrogens with zero attached hydrogens (tertiary/aromatic N) is 3. The van der Waals surface area contributed by atoms with Gasteiger partial charge in [-0.3, -0.25) is 0 Å². The molecule has 0 fully saturated rings. The topological polar surface area (TPSA) is 42.7 Å². The average Bonchev–Trinajstić information content (AvgIpc) is 2.68. The fourth-order valence-electron chi connectivity index (χ4n) is 2.20. The molecule has 2 aromatic rings. The maximum Gasteiger partial charge on any atom is 0.153 e. The van der Waals surface area contributed by atoms with E-state index in [2.05, 4.69) is 45.2 Å². The van der Waals surface area contributed by atoms with Crippen molar-refractivity contribution in [3.63, 3.8) is 0 Å². The molecule has 0 amide bonds. The minimum atomic E-state index is 0.865. The van der Waals surface area contributed by atoms with Gasteiger partial charge in [0, 0.05) is 16.4 Å². The molecule has 4 nitrogen and oxygen atoms in total. The van der Waals surface area contributed by atoms with Crippen LogP contribution >= 0.6 is 15.9 Å². The predicted octanol–water partition coefficient (Wildman–Crippen LogP) is 2.80. The molecule has 1 N–H and O–H groups in total. The third-order valence-electron chi connectivity index (χ3n) is 3.22. The SMILES string of the molecule is CNCCCc1c(C)nn(-c2ccc(Br)cn2)c1C. The van der Waals surface area contributed by atoms with Crippen LogP contribution in [0.1, 0.15) is 23.4 Å². The van der Waals surface area contributed by atoms with Crippen LogP contribution in [0.15, 0.2) is 22.8 Å². The molecule has 0 bridgehead atoms. The maximum atomic E-state index is 4.61. The van der Waals surface area contributed by atoms with Gasteiger partial charge in [-0.05, 0) is 73.9 Å². The third-order valence-corrected chi connectivity index (χ3v) is 3.69. The summed E-state index contributed by atoms with van der Waals surface area (Å²) in [5, 5.41) is 7.78. The molecule has 0 unspecified atom stereocenters. The second kappa shape index (κ2) is 6.30. The van der Waals surface area contributed by atoms with Crippen LogP contribution in [0.25, 0.3) is 5.82 Å². The number of aryl methyl sites for hydroxylation is 1. The van der Waals surface area contributed by atoms with E-state index in [-0.39, 0.29) is 0 Å². The van der Waals surface area contributed by atoms with Crippen LogP contribution in [0, 0.1) is 13.8 Å². The van der Waals surface area contributed by atoms with Crippen molar-refractivity contribution in [1.29, 1.82) is 0 Å². The van der Waals surface area contributed by atoms with Crippen molar-refractivity contribution in [2.45, 2.75) is 26.7 Å². The van der Waals surface area contributed by atoms with E-state index in [1.807, 2.05) is 23.9 Å². The molecule has 2 rings (SSSR count). The molecule has 102 valence electrons. The van der Waals surface area contributed by atoms with E-state index >= 15 is 0 Å². The van der Waals surface area contributed by atoms with Gasteiger partial charge in [0.25, 0.3) is 0 Å². The first-order valence-corrected chi connectivity index (χ1v) is 7.24. The molecule has 0 aliphatic rings. The molecule has 19 heavy (non-hydrogen) atoms. The van der Waals surface area contributed by atoms with Gasteiger partial charge in [0.1, 0.15) is 0 Å². The van der Waals surface area contributed by atoms with Gasteiger partial charge in [-0.25, -0.2) is 9.67 Å². The molecule has 2 heterocycles. The Morgan fingerprint density at radius 2 is 2.11 bits per heavy atom. The third kappa shape index (κ3) is 3.22. The zero-order chi connectivity index (χ0) is 13.8. The summed E-state index contributed by atoms with van der Waals surface area (Å²) >= 11 is 3.40. The summed E-state index contributed by atoms with van der Waals surface area (Å²) in [5.41, 5.74) is 3.61. The molecule has 0 aromatic carbocycles. The van der Waals surface area contributed by atoms with Crippen LogP contribution in [0.4, 0.5) is 0 Å². The minimum absolute atomic E-state index is 0.865. The number of nitrogens with one attached hydrogen (secondary N) is 1. The van der Waals surface area contributed by atoms with E-state index in [9.17, 15) is 0 Å². The number of pyridine rings is 1. The molecule has 5 heteroatoms. The van der Waals surface area contributed by atoms with Crippen LogP contribution in [0.5, 0.6) is 0 Å². The minimum Gasteiger partial charge on any atom is -0.320 e. The summed E-state index contributed by atoms with van der Waals surface area (Å²) in [7, 11) is 1.98. The van der Waals surface area contributed by atoms with Crippen molar-refractivity contribution >= 4 is 15.9 Å². The van der Waals surface area contributed by atoms with E-state index < -0.39 is 0 Å². The number of aromatic nitrogens is 3. The molecule has 0 atom stereocenters. The van der Waals surface area contributed by atoms with Crippen molar-refractivity contribution in [3.05, 3.63) is 39.8 Å². The average molecular weight is 323 g/mol. The zero-order valence-corrected chi connectivity index (χ0v) is 13.2. The lowest BCUT2D eigenvalue weighted by atomic mass is 10.1. The number of hydrogen-bond donors (Lipinski definition) is 1. The van der Waals surface area contributed by atoms with Crippen molar-refractivity contribution < 1.29 is 0 Å². The summed E-state index contributed by atoms with van der Waals surface area (Å²) in [6, 6.07) is 3.96. The number of halogens is 1. The van der Waals surface area contributed by atoms with E-state index in [0.717, 1.165) is 35.4 Å². The maximum absolute atomic E-state index is 4.61. The van der Waals surface area contributed by atoms with E-state index in [0.29, 0.717) is 0 Å². The molecular formula is C14H19BrN4. The molecule has 2 aromatic heterocycles. The Labute approximate surface area is 122 Å². The van der Waals surface area contributed by atoms with Crippen LogP contribution in [-0.2, 0) is 6.42 Å². The van der Waals surface area contributed by atoms with Crippen molar-refractivity contribution in [2.24, 2.45) is 0 Å². The van der Waals surface area contributed by atoms with E-state index in [1.54, 1.807) is 6.20 Å². The van der Waals surface area contributed by atoms with Gasteiger partial charge in [-0.1, -0.05) is 0 Å². The van der Waals surface area contributed by atoms with Crippen LogP contribution < -0.4 is 5.32 Å². The van der Waals surface area contributed by atoms with Gasteiger partial charge in [-0.2, -0.15) is 5.10 Å². The van der Waals surface area contributed by atoms with Gasteiger partial charge < -0.3 is 5.32 Å². The van der Waals surface area contributed by atoms with E-state index in [4.69, 9.17) is 0 Å². The summed E-state index contributed by atoms with van der Waals surface area (Å²) in [4.78, 5) is 4.40. The summed E-state index contributed by atoms with van der Waals surface area (Å²) in [6.45, 7) is 5.20. The smallest absolute Gasteiger partial charge is 0.153 e. The highest BCUT2D eigenvalue weighted by atomic mass is 79.9. The molecule has 0 spiro atoms. The summed E-state index contributed by atoms with van der Waals surface area (Å²) < 4.78 is 2.91. The second-order valence-corrected chi connectivity index (χ2v) is 5.52. The molecular weight excluding hydrogens is 304 g/mol.